The minimum atomic E-state index is -0.546. The molecular formula is C11H16N2O. The molecule has 0 amide bonds. The second-order valence-electron chi connectivity index (χ2n) is 3.35. The fourth-order valence-corrected chi connectivity index (χ4v) is 1.16. The van der Waals surface area contributed by atoms with Crippen molar-refractivity contribution in [1.82, 2.24) is 9.97 Å². The van der Waals surface area contributed by atoms with Gasteiger partial charge >= 0.3 is 0 Å². The smallest absolute Gasteiger partial charge is 0.156 e. The van der Waals surface area contributed by atoms with Crippen molar-refractivity contribution in [2.75, 3.05) is 0 Å². The second-order valence-corrected chi connectivity index (χ2v) is 3.35. The summed E-state index contributed by atoms with van der Waals surface area (Å²) in [7, 11) is 0. The fourth-order valence-electron chi connectivity index (χ4n) is 1.16. The van der Waals surface area contributed by atoms with E-state index in [1.807, 2.05) is 13.0 Å². The molecule has 1 aromatic rings. The Morgan fingerprint density at radius 3 is 2.71 bits per heavy atom. The van der Waals surface area contributed by atoms with Crippen molar-refractivity contribution in [1.29, 1.82) is 0 Å². The number of aliphatic hydroxyl groups excluding tert-OH is 1. The van der Waals surface area contributed by atoms with Gasteiger partial charge in [-0.05, 0) is 31.7 Å². The van der Waals surface area contributed by atoms with Gasteiger partial charge in [-0.25, -0.2) is 9.97 Å². The molecule has 0 bridgehead atoms. The van der Waals surface area contributed by atoms with Crippen molar-refractivity contribution in [3.8, 4) is 0 Å². The van der Waals surface area contributed by atoms with Crippen LogP contribution in [0.4, 0.5) is 0 Å². The first-order valence-corrected chi connectivity index (χ1v) is 4.81. The van der Waals surface area contributed by atoms with Crippen molar-refractivity contribution >= 4 is 0 Å². The van der Waals surface area contributed by atoms with E-state index in [0.717, 1.165) is 18.4 Å². The lowest BCUT2D eigenvalue weighted by molar-refractivity contribution is 0.155. The Labute approximate surface area is 84.5 Å². The van der Waals surface area contributed by atoms with Crippen LogP contribution < -0.4 is 0 Å². The predicted octanol–water partition coefficient (Wildman–Crippen LogP) is 2.17. The van der Waals surface area contributed by atoms with E-state index in [0.29, 0.717) is 12.2 Å². The highest BCUT2D eigenvalue weighted by atomic mass is 16.3. The second kappa shape index (κ2) is 5.50. The first kappa shape index (κ1) is 10.9. The zero-order valence-corrected chi connectivity index (χ0v) is 8.48. The zero-order chi connectivity index (χ0) is 10.4. The predicted molar refractivity (Wildman–Crippen MR) is 55.8 cm³/mol. The lowest BCUT2D eigenvalue weighted by atomic mass is 10.1. The van der Waals surface area contributed by atoms with Crippen LogP contribution in [0.25, 0.3) is 0 Å². The highest BCUT2D eigenvalue weighted by Gasteiger charge is 2.08. The van der Waals surface area contributed by atoms with Crippen LogP contribution >= 0.6 is 0 Å². The van der Waals surface area contributed by atoms with E-state index in [-0.39, 0.29) is 0 Å². The van der Waals surface area contributed by atoms with Gasteiger partial charge in [0.15, 0.2) is 5.82 Å². The molecule has 0 aromatic carbocycles. The summed E-state index contributed by atoms with van der Waals surface area (Å²) in [5.74, 6) is 0.514. The number of aromatic nitrogens is 2. The number of aliphatic hydroxyl groups is 1. The molecule has 0 aliphatic rings. The first-order chi connectivity index (χ1) is 6.74. The summed E-state index contributed by atoms with van der Waals surface area (Å²) in [4.78, 5) is 8.14. The SMILES string of the molecule is C=CCCCC(O)c1ncc(C)cn1. The molecule has 0 aliphatic carbocycles. The number of rotatable bonds is 5. The molecule has 0 spiro atoms. The molecular weight excluding hydrogens is 176 g/mol. The van der Waals surface area contributed by atoms with E-state index >= 15 is 0 Å². The van der Waals surface area contributed by atoms with Gasteiger partial charge < -0.3 is 5.11 Å². The number of aryl methyl sites for hydroxylation is 1. The van der Waals surface area contributed by atoms with E-state index < -0.39 is 6.10 Å². The molecule has 1 rings (SSSR count). The third-order valence-electron chi connectivity index (χ3n) is 1.98. The molecule has 14 heavy (non-hydrogen) atoms. The normalized spacial score (nSPS) is 12.4. The topological polar surface area (TPSA) is 46.0 Å². The molecule has 0 saturated heterocycles. The number of nitrogens with zero attached hydrogens (tertiary/aromatic N) is 2. The Bertz CT molecular complexity index is 282. The molecule has 1 N–H and O–H groups in total. The summed E-state index contributed by atoms with van der Waals surface area (Å²) in [5, 5.41) is 9.68. The van der Waals surface area contributed by atoms with Crippen LogP contribution in [0.3, 0.4) is 0 Å². The quantitative estimate of drug-likeness (QED) is 0.574. The van der Waals surface area contributed by atoms with Gasteiger partial charge in [0.05, 0.1) is 0 Å². The summed E-state index contributed by atoms with van der Waals surface area (Å²) >= 11 is 0. The number of unbranched alkanes of at least 4 members (excludes halogenated alkanes) is 1. The molecule has 0 saturated carbocycles. The lowest BCUT2D eigenvalue weighted by Gasteiger charge is -2.07. The van der Waals surface area contributed by atoms with Gasteiger partial charge in [0, 0.05) is 12.4 Å². The largest absolute Gasteiger partial charge is 0.385 e. The van der Waals surface area contributed by atoms with Crippen LogP contribution in [-0.4, -0.2) is 15.1 Å². The number of allylic oxidation sites excluding steroid dienone is 1. The van der Waals surface area contributed by atoms with Gasteiger partial charge in [-0.2, -0.15) is 0 Å². The van der Waals surface area contributed by atoms with Gasteiger partial charge in [0.1, 0.15) is 6.10 Å². The van der Waals surface area contributed by atoms with E-state index in [1.165, 1.54) is 0 Å². The average Bonchev–Trinajstić information content (AvgIpc) is 2.19. The molecule has 1 heterocycles. The Morgan fingerprint density at radius 2 is 2.14 bits per heavy atom. The zero-order valence-electron chi connectivity index (χ0n) is 8.48. The molecule has 0 aliphatic heterocycles. The van der Waals surface area contributed by atoms with Crippen molar-refractivity contribution in [2.24, 2.45) is 0 Å². The first-order valence-electron chi connectivity index (χ1n) is 4.81. The third-order valence-corrected chi connectivity index (χ3v) is 1.98. The van der Waals surface area contributed by atoms with Gasteiger partial charge in [0.2, 0.25) is 0 Å². The summed E-state index contributed by atoms with van der Waals surface area (Å²) in [5.41, 5.74) is 1.01. The van der Waals surface area contributed by atoms with E-state index in [9.17, 15) is 5.11 Å². The Morgan fingerprint density at radius 1 is 1.50 bits per heavy atom. The molecule has 0 fully saturated rings. The maximum absolute atomic E-state index is 9.68. The van der Waals surface area contributed by atoms with Crippen LogP contribution in [0.5, 0.6) is 0 Å². The molecule has 76 valence electrons. The summed E-state index contributed by atoms with van der Waals surface area (Å²) in [6.45, 7) is 5.55. The molecule has 1 unspecified atom stereocenters. The van der Waals surface area contributed by atoms with Gasteiger partial charge in [-0.1, -0.05) is 6.08 Å². The highest BCUT2D eigenvalue weighted by molar-refractivity contribution is 5.03. The molecule has 1 atom stereocenters. The van der Waals surface area contributed by atoms with Crippen LogP contribution in [0, 0.1) is 6.92 Å². The Hall–Kier alpha value is -1.22. The molecule has 1 aromatic heterocycles. The maximum Gasteiger partial charge on any atom is 0.156 e. The lowest BCUT2D eigenvalue weighted by Crippen LogP contribution is -2.03. The van der Waals surface area contributed by atoms with E-state index in [2.05, 4.69) is 16.5 Å². The van der Waals surface area contributed by atoms with E-state index in [1.54, 1.807) is 12.4 Å². The van der Waals surface area contributed by atoms with Crippen molar-refractivity contribution < 1.29 is 5.11 Å². The fraction of sp³-hybridized carbons (Fsp3) is 0.455. The van der Waals surface area contributed by atoms with Crippen LogP contribution in [-0.2, 0) is 0 Å². The van der Waals surface area contributed by atoms with Crippen molar-refractivity contribution in [2.45, 2.75) is 32.3 Å². The van der Waals surface area contributed by atoms with Crippen molar-refractivity contribution in [3.63, 3.8) is 0 Å². The molecule has 0 radical (unpaired) electrons. The van der Waals surface area contributed by atoms with E-state index in [4.69, 9.17) is 0 Å². The van der Waals surface area contributed by atoms with Gasteiger partial charge in [-0.15, -0.1) is 6.58 Å². The van der Waals surface area contributed by atoms with Crippen LogP contribution in [0.1, 0.15) is 36.8 Å². The number of hydrogen-bond acceptors (Lipinski definition) is 3. The van der Waals surface area contributed by atoms with Crippen LogP contribution in [0.15, 0.2) is 25.0 Å². The monoisotopic (exact) mass is 192 g/mol. The average molecular weight is 192 g/mol. The van der Waals surface area contributed by atoms with Crippen LogP contribution in [0.2, 0.25) is 0 Å². The van der Waals surface area contributed by atoms with Gasteiger partial charge in [0.25, 0.3) is 0 Å². The minimum absolute atomic E-state index is 0.514. The number of hydrogen-bond donors (Lipinski definition) is 1. The maximum atomic E-state index is 9.68. The standard InChI is InChI=1S/C11H16N2O/c1-3-4-5-6-10(14)11-12-7-9(2)8-13-11/h3,7-8,10,14H,1,4-6H2,2H3. The summed E-state index contributed by atoms with van der Waals surface area (Å²) in [6.07, 6.45) is 7.27. The van der Waals surface area contributed by atoms with Crippen molar-refractivity contribution in [3.05, 3.63) is 36.4 Å². The molecule has 3 nitrogen and oxygen atoms in total. The Balaban J connectivity index is 2.47. The van der Waals surface area contributed by atoms with Gasteiger partial charge in [-0.3, -0.25) is 0 Å². The summed E-state index contributed by atoms with van der Waals surface area (Å²) < 4.78 is 0. The Kier molecular flexibility index (Phi) is 4.26. The minimum Gasteiger partial charge on any atom is -0.385 e. The summed E-state index contributed by atoms with van der Waals surface area (Å²) in [6, 6.07) is 0. The third kappa shape index (κ3) is 3.26. The highest BCUT2D eigenvalue weighted by Crippen LogP contribution is 2.14. The molecule has 3 heteroatoms.